The Kier molecular flexibility index (Phi) is 6.78. The third kappa shape index (κ3) is 4.83. The average Bonchev–Trinajstić information content (AvgIpc) is 3.20. The van der Waals surface area contributed by atoms with E-state index >= 15 is 0 Å². The zero-order valence-corrected chi connectivity index (χ0v) is 16.9. The van der Waals surface area contributed by atoms with Gasteiger partial charge in [0, 0.05) is 62.5 Å². The molecule has 1 saturated carbocycles. The molecule has 1 aliphatic carbocycles. The highest BCUT2D eigenvalue weighted by molar-refractivity contribution is 5.21. The van der Waals surface area contributed by atoms with Crippen LogP contribution < -0.4 is 0 Å². The third-order valence-electron chi connectivity index (χ3n) is 6.54. The molecule has 1 aromatic carbocycles. The van der Waals surface area contributed by atoms with E-state index in [1.807, 2.05) is 6.20 Å². The number of piperazine rings is 1. The van der Waals surface area contributed by atoms with Gasteiger partial charge in [-0.1, -0.05) is 49.6 Å². The molecule has 5 nitrogen and oxygen atoms in total. The zero-order chi connectivity index (χ0) is 19.2. The number of nitrogens with one attached hydrogen (secondary N) is 1. The van der Waals surface area contributed by atoms with Crippen LogP contribution in [0.5, 0.6) is 0 Å². The number of aliphatic hydroxyl groups is 1. The lowest BCUT2D eigenvalue weighted by Crippen LogP contribution is -2.52. The van der Waals surface area contributed by atoms with Crippen molar-refractivity contribution >= 4 is 0 Å². The molecule has 5 heteroatoms. The Labute approximate surface area is 168 Å². The number of hydrogen-bond donors (Lipinski definition) is 2. The van der Waals surface area contributed by atoms with E-state index in [1.165, 1.54) is 48.9 Å². The summed E-state index contributed by atoms with van der Waals surface area (Å²) in [6.07, 6.45) is 9.55. The van der Waals surface area contributed by atoms with E-state index in [9.17, 15) is 5.11 Å². The molecule has 1 atom stereocenters. The number of hydrogen-bond acceptors (Lipinski definition) is 4. The normalized spacial score (nSPS) is 22.5. The summed E-state index contributed by atoms with van der Waals surface area (Å²) >= 11 is 0. The SMILES string of the molecule is OCC[C@@H]1CN(Cc2cn[nH]c2C2CCCCC2)CCN1Cc1ccccc1. The van der Waals surface area contributed by atoms with Gasteiger partial charge in [0.05, 0.1) is 6.20 Å². The highest BCUT2D eigenvalue weighted by atomic mass is 16.3. The maximum atomic E-state index is 9.60. The van der Waals surface area contributed by atoms with Gasteiger partial charge in [0.1, 0.15) is 0 Å². The summed E-state index contributed by atoms with van der Waals surface area (Å²) < 4.78 is 0. The van der Waals surface area contributed by atoms with Gasteiger partial charge in [-0.2, -0.15) is 5.10 Å². The van der Waals surface area contributed by atoms with Gasteiger partial charge in [0.15, 0.2) is 0 Å². The molecule has 1 saturated heterocycles. The van der Waals surface area contributed by atoms with Crippen molar-refractivity contribution in [3.63, 3.8) is 0 Å². The Bertz CT molecular complexity index is 710. The molecule has 2 aliphatic rings. The summed E-state index contributed by atoms with van der Waals surface area (Å²) in [4.78, 5) is 5.10. The monoisotopic (exact) mass is 382 g/mol. The lowest BCUT2D eigenvalue weighted by Gasteiger charge is -2.41. The van der Waals surface area contributed by atoms with E-state index in [0.717, 1.165) is 39.1 Å². The summed E-state index contributed by atoms with van der Waals surface area (Å²) in [7, 11) is 0. The molecule has 1 aromatic heterocycles. The number of H-pyrrole nitrogens is 1. The predicted octanol–water partition coefficient (Wildman–Crippen LogP) is 3.53. The Balaban J connectivity index is 1.38. The Morgan fingerprint density at radius 3 is 2.64 bits per heavy atom. The second kappa shape index (κ2) is 9.68. The number of aliphatic hydroxyl groups excluding tert-OH is 1. The highest BCUT2D eigenvalue weighted by Gasteiger charge is 2.28. The maximum absolute atomic E-state index is 9.60. The molecule has 2 fully saturated rings. The van der Waals surface area contributed by atoms with Crippen LogP contribution in [0.3, 0.4) is 0 Å². The fraction of sp³-hybridized carbons (Fsp3) is 0.609. The highest BCUT2D eigenvalue weighted by Crippen LogP contribution is 2.33. The van der Waals surface area contributed by atoms with E-state index in [1.54, 1.807) is 0 Å². The molecule has 2 N–H and O–H groups in total. The summed E-state index contributed by atoms with van der Waals surface area (Å²) in [6.45, 7) is 5.34. The summed E-state index contributed by atoms with van der Waals surface area (Å²) in [6, 6.07) is 11.1. The first-order valence-electron chi connectivity index (χ1n) is 11.0. The van der Waals surface area contributed by atoms with Gasteiger partial charge in [-0.05, 0) is 24.8 Å². The molecule has 0 unspecified atom stereocenters. The second-order valence-corrected chi connectivity index (χ2v) is 8.50. The fourth-order valence-electron chi connectivity index (χ4n) is 4.98. The molecule has 2 heterocycles. The predicted molar refractivity (Wildman–Crippen MR) is 112 cm³/mol. The molecule has 0 bridgehead atoms. The summed E-state index contributed by atoms with van der Waals surface area (Å²) in [5.74, 6) is 0.666. The van der Waals surface area contributed by atoms with Crippen molar-refractivity contribution in [2.75, 3.05) is 26.2 Å². The Morgan fingerprint density at radius 1 is 1.04 bits per heavy atom. The largest absolute Gasteiger partial charge is 0.396 e. The van der Waals surface area contributed by atoms with Crippen LogP contribution in [0, 0.1) is 0 Å². The van der Waals surface area contributed by atoms with Crippen LogP contribution in [-0.4, -0.2) is 57.4 Å². The molecule has 0 amide bonds. The minimum atomic E-state index is 0.253. The molecule has 0 radical (unpaired) electrons. The Hall–Kier alpha value is -1.69. The minimum absolute atomic E-state index is 0.253. The van der Waals surface area contributed by atoms with E-state index < -0.39 is 0 Å². The smallest absolute Gasteiger partial charge is 0.0535 e. The van der Waals surface area contributed by atoms with Crippen molar-refractivity contribution in [1.29, 1.82) is 0 Å². The summed E-state index contributed by atoms with van der Waals surface area (Å²) in [5, 5.41) is 17.3. The van der Waals surface area contributed by atoms with Gasteiger partial charge in [-0.3, -0.25) is 14.9 Å². The number of nitrogens with zero attached hydrogens (tertiary/aromatic N) is 3. The van der Waals surface area contributed by atoms with Gasteiger partial charge in [-0.15, -0.1) is 0 Å². The standard InChI is InChI=1S/C23H34N4O/c28-14-11-22-18-26(12-13-27(22)16-19-7-3-1-4-8-19)17-21-15-24-25-23(21)20-9-5-2-6-10-20/h1,3-4,7-8,15,20,22,28H,2,5-6,9-14,16-18H2,(H,24,25)/t22-/m1/s1. The van der Waals surface area contributed by atoms with Crippen molar-refractivity contribution < 1.29 is 5.11 Å². The van der Waals surface area contributed by atoms with Gasteiger partial charge in [0.25, 0.3) is 0 Å². The first-order chi connectivity index (χ1) is 13.8. The number of rotatable bonds is 7. The lowest BCUT2D eigenvalue weighted by molar-refractivity contribution is 0.0498. The minimum Gasteiger partial charge on any atom is -0.396 e. The van der Waals surface area contributed by atoms with Crippen molar-refractivity contribution in [1.82, 2.24) is 20.0 Å². The van der Waals surface area contributed by atoms with Crippen LogP contribution in [0.25, 0.3) is 0 Å². The molecular weight excluding hydrogens is 348 g/mol. The quantitative estimate of drug-likeness (QED) is 0.769. The third-order valence-corrected chi connectivity index (χ3v) is 6.54. The van der Waals surface area contributed by atoms with Crippen LogP contribution >= 0.6 is 0 Å². The van der Waals surface area contributed by atoms with E-state index in [2.05, 4.69) is 50.3 Å². The fourth-order valence-corrected chi connectivity index (χ4v) is 4.98. The van der Waals surface area contributed by atoms with Gasteiger partial charge in [0.2, 0.25) is 0 Å². The van der Waals surface area contributed by atoms with Crippen LogP contribution in [0.1, 0.15) is 61.3 Å². The topological polar surface area (TPSA) is 55.4 Å². The van der Waals surface area contributed by atoms with Crippen molar-refractivity contribution in [3.05, 3.63) is 53.3 Å². The van der Waals surface area contributed by atoms with Crippen LogP contribution in [0.15, 0.2) is 36.5 Å². The van der Waals surface area contributed by atoms with Crippen LogP contribution in [0.2, 0.25) is 0 Å². The molecule has 2 aromatic rings. The van der Waals surface area contributed by atoms with Gasteiger partial charge in [-0.25, -0.2) is 0 Å². The van der Waals surface area contributed by atoms with Crippen molar-refractivity contribution in [2.24, 2.45) is 0 Å². The van der Waals surface area contributed by atoms with Crippen molar-refractivity contribution in [2.45, 2.75) is 63.6 Å². The first-order valence-corrected chi connectivity index (χ1v) is 11.0. The van der Waals surface area contributed by atoms with Gasteiger partial charge >= 0.3 is 0 Å². The lowest BCUT2D eigenvalue weighted by atomic mass is 9.85. The molecule has 28 heavy (non-hydrogen) atoms. The average molecular weight is 383 g/mol. The molecule has 152 valence electrons. The zero-order valence-electron chi connectivity index (χ0n) is 16.9. The molecule has 1 aliphatic heterocycles. The van der Waals surface area contributed by atoms with E-state index in [-0.39, 0.29) is 6.61 Å². The van der Waals surface area contributed by atoms with Crippen molar-refractivity contribution in [3.8, 4) is 0 Å². The van der Waals surface area contributed by atoms with Gasteiger partial charge < -0.3 is 5.11 Å². The molecular formula is C23H34N4O. The maximum Gasteiger partial charge on any atom is 0.0535 e. The van der Waals surface area contributed by atoms with E-state index in [0.29, 0.717) is 12.0 Å². The first kappa shape index (κ1) is 19.6. The number of aromatic nitrogens is 2. The molecule has 4 rings (SSSR count). The Morgan fingerprint density at radius 2 is 1.86 bits per heavy atom. The van der Waals surface area contributed by atoms with E-state index in [4.69, 9.17) is 0 Å². The second-order valence-electron chi connectivity index (χ2n) is 8.50. The number of aromatic amines is 1. The van der Waals surface area contributed by atoms with Crippen LogP contribution in [-0.2, 0) is 13.1 Å². The summed E-state index contributed by atoms with van der Waals surface area (Å²) in [5.41, 5.74) is 4.12. The number of benzene rings is 1. The van der Waals surface area contributed by atoms with Crippen LogP contribution in [0.4, 0.5) is 0 Å². The molecule has 0 spiro atoms.